The molecule has 106 valence electrons. The van der Waals surface area contributed by atoms with Gasteiger partial charge in [-0.15, -0.1) is 0 Å². The number of carbonyl (C=O) groups excluding carboxylic acids is 1. The number of benzene rings is 1. The van der Waals surface area contributed by atoms with Gasteiger partial charge in [0.15, 0.2) is 6.04 Å². The summed E-state index contributed by atoms with van der Waals surface area (Å²) in [6.07, 6.45) is 2.94. The molecule has 1 aliphatic heterocycles. The van der Waals surface area contributed by atoms with Crippen LogP contribution in [0.5, 0.6) is 0 Å². The predicted octanol–water partition coefficient (Wildman–Crippen LogP) is 0.949. The van der Waals surface area contributed by atoms with Crippen LogP contribution >= 0.6 is 0 Å². The van der Waals surface area contributed by atoms with Crippen LogP contribution in [0.4, 0.5) is 0 Å². The summed E-state index contributed by atoms with van der Waals surface area (Å²) in [5.74, 6) is -1.09. The molecule has 2 N–H and O–H groups in total. The second kappa shape index (κ2) is 5.25. The van der Waals surface area contributed by atoms with Crippen LogP contribution in [0.25, 0.3) is 0 Å². The SMILES string of the molecule is O=C(O)C1c2ccccc2CCN1C(=O)CNC1CC1. The first kappa shape index (κ1) is 13.1. The zero-order valence-corrected chi connectivity index (χ0v) is 11.2. The quantitative estimate of drug-likeness (QED) is 0.857. The lowest BCUT2D eigenvalue weighted by Gasteiger charge is -2.34. The second-order valence-corrected chi connectivity index (χ2v) is 5.43. The van der Waals surface area contributed by atoms with E-state index in [-0.39, 0.29) is 12.5 Å². The van der Waals surface area contributed by atoms with Gasteiger partial charge in [0.2, 0.25) is 5.91 Å². The molecule has 1 aromatic carbocycles. The topological polar surface area (TPSA) is 69.6 Å². The number of nitrogens with one attached hydrogen (secondary N) is 1. The van der Waals surface area contributed by atoms with Gasteiger partial charge < -0.3 is 15.3 Å². The summed E-state index contributed by atoms with van der Waals surface area (Å²) in [4.78, 5) is 25.3. The second-order valence-electron chi connectivity index (χ2n) is 5.43. The number of carboxylic acids is 1. The molecule has 1 amide bonds. The normalized spacial score (nSPS) is 21.4. The Bertz CT molecular complexity index is 540. The molecule has 20 heavy (non-hydrogen) atoms. The molecular formula is C15H18N2O3. The molecule has 1 unspecified atom stereocenters. The number of rotatable bonds is 4. The highest BCUT2D eigenvalue weighted by atomic mass is 16.4. The third-order valence-electron chi connectivity index (χ3n) is 3.96. The number of nitrogens with zero attached hydrogens (tertiary/aromatic N) is 1. The monoisotopic (exact) mass is 274 g/mol. The van der Waals surface area contributed by atoms with Crippen LogP contribution in [0.3, 0.4) is 0 Å². The number of amides is 1. The molecule has 3 rings (SSSR count). The lowest BCUT2D eigenvalue weighted by molar-refractivity contribution is -0.150. The first-order valence-corrected chi connectivity index (χ1v) is 7.00. The Morgan fingerprint density at radius 2 is 2.05 bits per heavy atom. The zero-order chi connectivity index (χ0) is 14.1. The summed E-state index contributed by atoms with van der Waals surface area (Å²) in [5, 5.41) is 12.6. The van der Waals surface area contributed by atoms with Crippen LogP contribution in [-0.4, -0.2) is 41.0 Å². The Kier molecular flexibility index (Phi) is 3.44. The van der Waals surface area contributed by atoms with Crippen LogP contribution in [0, 0.1) is 0 Å². The number of hydrogen-bond donors (Lipinski definition) is 2. The lowest BCUT2D eigenvalue weighted by atomic mass is 9.92. The lowest BCUT2D eigenvalue weighted by Crippen LogP contribution is -2.47. The fourth-order valence-electron chi connectivity index (χ4n) is 2.72. The number of aliphatic carboxylic acids is 1. The first-order chi connectivity index (χ1) is 9.66. The maximum absolute atomic E-state index is 12.3. The minimum atomic E-state index is -0.961. The van der Waals surface area contributed by atoms with Gasteiger partial charge in [-0.1, -0.05) is 24.3 Å². The predicted molar refractivity (Wildman–Crippen MR) is 73.3 cm³/mol. The van der Waals surface area contributed by atoms with Crippen LogP contribution in [0.1, 0.15) is 30.0 Å². The van der Waals surface area contributed by atoms with E-state index in [0.717, 1.165) is 30.4 Å². The van der Waals surface area contributed by atoms with Crippen molar-refractivity contribution in [3.05, 3.63) is 35.4 Å². The maximum Gasteiger partial charge on any atom is 0.331 e. The van der Waals surface area contributed by atoms with Gasteiger partial charge in [-0.05, 0) is 30.4 Å². The highest BCUT2D eigenvalue weighted by Gasteiger charge is 2.35. The Morgan fingerprint density at radius 3 is 2.75 bits per heavy atom. The molecule has 0 bridgehead atoms. The van der Waals surface area contributed by atoms with Crippen molar-refractivity contribution in [2.24, 2.45) is 0 Å². The van der Waals surface area contributed by atoms with E-state index in [9.17, 15) is 14.7 Å². The summed E-state index contributed by atoms with van der Waals surface area (Å²) >= 11 is 0. The van der Waals surface area contributed by atoms with Crippen molar-refractivity contribution in [2.45, 2.75) is 31.3 Å². The molecule has 0 saturated heterocycles. The first-order valence-electron chi connectivity index (χ1n) is 7.00. The van der Waals surface area contributed by atoms with Crippen molar-refractivity contribution in [3.8, 4) is 0 Å². The third-order valence-corrected chi connectivity index (χ3v) is 3.96. The van der Waals surface area contributed by atoms with Crippen LogP contribution in [0.15, 0.2) is 24.3 Å². The largest absolute Gasteiger partial charge is 0.479 e. The summed E-state index contributed by atoms with van der Waals surface area (Å²) < 4.78 is 0. The van der Waals surface area contributed by atoms with Crippen molar-refractivity contribution in [1.29, 1.82) is 0 Å². The van der Waals surface area contributed by atoms with Gasteiger partial charge in [-0.2, -0.15) is 0 Å². The highest BCUT2D eigenvalue weighted by Crippen LogP contribution is 2.30. The molecule has 1 heterocycles. The van der Waals surface area contributed by atoms with Gasteiger partial charge in [0.1, 0.15) is 0 Å². The van der Waals surface area contributed by atoms with E-state index >= 15 is 0 Å². The number of carboxylic acid groups (broad SMARTS) is 1. The summed E-state index contributed by atoms with van der Waals surface area (Å²) in [5.41, 5.74) is 1.77. The molecule has 0 spiro atoms. The minimum Gasteiger partial charge on any atom is -0.479 e. The molecule has 2 aliphatic rings. The third kappa shape index (κ3) is 2.54. The number of hydrogen-bond acceptors (Lipinski definition) is 3. The molecule has 1 fully saturated rings. The molecular weight excluding hydrogens is 256 g/mol. The molecule has 0 aromatic heterocycles. The Balaban J connectivity index is 1.80. The Labute approximate surface area is 117 Å². The Hall–Kier alpha value is -1.88. The van der Waals surface area contributed by atoms with Gasteiger partial charge in [0.25, 0.3) is 0 Å². The molecule has 1 atom stereocenters. The standard InChI is InChI=1S/C15H18N2O3/c18-13(9-16-11-5-6-11)17-8-7-10-3-1-2-4-12(10)14(17)15(19)20/h1-4,11,14,16H,5-9H2,(H,19,20). The van der Waals surface area contributed by atoms with Gasteiger partial charge in [-0.25, -0.2) is 4.79 Å². The smallest absolute Gasteiger partial charge is 0.331 e. The van der Waals surface area contributed by atoms with E-state index in [1.54, 1.807) is 0 Å². The van der Waals surface area contributed by atoms with E-state index in [1.807, 2.05) is 24.3 Å². The van der Waals surface area contributed by atoms with Crippen LogP contribution in [0.2, 0.25) is 0 Å². The van der Waals surface area contributed by atoms with Gasteiger partial charge in [0.05, 0.1) is 6.54 Å². The average molecular weight is 274 g/mol. The summed E-state index contributed by atoms with van der Waals surface area (Å²) in [7, 11) is 0. The molecule has 1 aromatic rings. The van der Waals surface area contributed by atoms with E-state index in [2.05, 4.69) is 5.32 Å². The van der Waals surface area contributed by atoms with Gasteiger partial charge in [-0.3, -0.25) is 4.79 Å². The van der Waals surface area contributed by atoms with E-state index in [4.69, 9.17) is 0 Å². The summed E-state index contributed by atoms with van der Waals surface area (Å²) in [6.45, 7) is 0.704. The molecule has 1 aliphatic carbocycles. The minimum absolute atomic E-state index is 0.126. The average Bonchev–Trinajstić information content (AvgIpc) is 3.27. The van der Waals surface area contributed by atoms with Gasteiger partial charge in [0, 0.05) is 12.6 Å². The van der Waals surface area contributed by atoms with E-state index in [0.29, 0.717) is 12.6 Å². The van der Waals surface area contributed by atoms with Crippen molar-refractivity contribution >= 4 is 11.9 Å². The van der Waals surface area contributed by atoms with Crippen molar-refractivity contribution in [1.82, 2.24) is 10.2 Å². The van der Waals surface area contributed by atoms with Crippen molar-refractivity contribution in [2.75, 3.05) is 13.1 Å². The number of carbonyl (C=O) groups is 2. The van der Waals surface area contributed by atoms with Crippen molar-refractivity contribution < 1.29 is 14.7 Å². The van der Waals surface area contributed by atoms with E-state index < -0.39 is 12.0 Å². The molecule has 5 nitrogen and oxygen atoms in total. The number of fused-ring (bicyclic) bond motifs is 1. The molecule has 5 heteroatoms. The van der Waals surface area contributed by atoms with Crippen LogP contribution in [-0.2, 0) is 16.0 Å². The fourth-order valence-corrected chi connectivity index (χ4v) is 2.72. The van der Waals surface area contributed by atoms with E-state index in [1.165, 1.54) is 4.90 Å². The van der Waals surface area contributed by atoms with Crippen molar-refractivity contribution in [3.63, 3.8) is 0 Å². The van der Waals surface area contributed by atoms with Crippen LogP contribution < -0.4 is 5.32 Å². The highest BCUT2D eigenvalue weighted by molar-refractivity contribution is 5.86. The Morgan fingerprint density at radius 1 is 1.30 bits per heavy atom. The zero-order valence-electron chi connectivity index (χ0n) is 11.2. The maximum atomic E-state index is 12.3. The molecule has 1 saturated carbocycles. The molecule has 0 radical (unpaired) electrons. The fraction of sp³-hybridized carbons (Fsp3) is 0.467. The van der Waals surface area contributed by atoms with Gasteiger partial charge >= 0.3 is 5.97 Å². The summed E-state index contributed by atoms with van der Waals surface area (Å²) in [6, 6.07) is 7.07.